The standard InChI is InChI=1S/C15H11F2N3O/c1-9-14(20-8-3-2-7-12(20)18-9)15(21)19-13-10(16)5-4-6-11(13)17/h2-8H,1H3,(H,19,21). The first-order valence-electron chi connectivity index (χ1n) is 6.27. The van der Waals surface area contributed by atoms with Gasteiger partial charge in [-0.2, -0.15) is 0 Å². The quantitative estimate of drug-likeness (QED) is 0.787. The van der Waals surface area contributed by atoms with E-state index in [4.69, 9.17) is 0 Å². The lowest BCUT2D eigenvalue weighted by molar-refractivity contribution is 0.101. The van der Waals surface area contributed by atoms with Crippen molar-refractivity contribution < 1.29 is 13.6 Å². The van der Waals surface area contributed by atoms with Crippen molar-refractivity contribution in [2.45, 2.75) is 6.92 Å². The second-order valence-electron chi connectivity index (χ2n) is 4.53. The average molecular weight is 287 g/mol. The average Bonchev–Trinajstić information content (AvgIpc) is 2.78. The topological polar surface area (TPSA) is 46.4 Å². The first-order chi connectivity index (χ1) is 10.1. The zero-order valence-corrected chi connectivity index (χ0v) is 11.1. The predicted octanol–water partition coefficient (Wildman–Crippen LogP) is 3.17. The van der Waals surface area contributed by atoms with Crippen molar-refractivity contribution in [1.29, 1.82) is 0 Å². The van der Waals surface area contributed by atoms with Gasteiger partial charge in [-0.1, -0.05) is 12.1 Å². The number of halogens is 2. The maximum atomic E-state index is 13.6. The van der Waals surface area contributed by atoms with E-state index < -0.39 is 23.2 Å². The Hall–Kier alpha value is -2.76. The molecule has 0 fully saturated rings. The number of aryl methyl sites for hydroxylation is 1. The van der Waals surface area contributed by atoms with E-state index in [1.54, 1.807) is 35.7 Å². The molecule has 0 bridgehead atoms. The minimum Gasteiger partial charge on any atom is -0.316 e. The summed E-state index contributed by atoms with van der Waals surface area (Å²) in [5, 5.41) is 2.26. The number of aromatic nitrogens is 2. The summed E-state index contributed by atoms with van der Waals surface area (Å²) in [6.45, 7) is 1.67. The Labute approximate surface area is 119 Å². The molecule has 1 N–H and O–H groups in total. The molecule has 0 radical (unpaired) electrons. The zero-order valence-electron chi connectivity index (χ0n) is 11.1. The van der Waals surface area contributed by atoms with Crippen LogP contribution >= 0.6 is 0 Å². The van der Waals surface area contributed by atoms with E-state index >= 15 is 0 Å². The van der Waals surface area contributed by atoms with Gasteiger partial charge in [0.2, 0.25) is 0 Å². The lowest BCUT2D eigenvalue weighted by Gasteiger charge is -2.08. The van der Waals surface area contributed by atoms with E-state index in [1.807, 2.05) is 0 Å². The van der Waals surface area contributed by atoms with Gasteiger partial charge in [0.25, 0.3) is 5.91 Å². The summed E-state index contributed by atoms with van der Waals surface area (Å²) < 4.78 is 28.8. The fraction of sp³-hybridized carbons (Fsp3) is 0.0667. The van der Waals surface area contributed by atoms with Crippen LogP contribution in [0.1, 0.15) is 16.2 Å². The van der Waals surface area contributed by atoms with Crippen LogP contribution in [0.25, 0.3) is 5.65 Å². The molecular formula is C15H11F2N3O. The Morgan fingerprint density at radius 3 is 2.57 bits per heavy atom. The number of nitrogens with zero attached hydrogens (tertiary/aromatic N) is 2. The minimum absolute atomic E-state index is 0.244. The highest BCUT2D eigenvalue weighted by atomic mass is 19.1. The number of fused-ring (bicyclic) bond motifs is 1. The molecule has 2 aromatic heterocycles. The molecule has 6 heteroatoms. The second kappa shape index (κ2) is 4.97. The molecule has 0 aliphatic rings. The smallest absolute Gasteiger partial charge is 0.274 e. The van der Waals surface area contributed by atoms with Crippen LogP contribution in [0, 0.1) is 18.6 Å². The van der Waals surface area contributed by atoms with Gasteiger partial charge < -0.3 is 5.32 Å². The number of anilines is 1. The number of rotatable bonds is 2. The molecule has 0 aliphatic heterocycles. The van der Waals surface area contributed by atoms with Crippen LogP contribution in [-0.4, -0.2) is 15.3 Å². The van der Waals surface area contributed by atoms with Crippen LogP contribution in [-0.2, 0) is 0 Å². The Kier molecular flexibility index (Phi) is 3.13. The van der Waals surface area contributed by atoms with E-state index in [-0.39, 0.29) is 5.69 Å². The molecule has 2 heterocycles. The second-order valence-corrected chi connectivity index (χ2v) is 4.53. The number of carbonyl (C=O) groups is 1. The molecule has 21 heavy (non-hydrogen) atoms. The first kappa shape index (κ1) is 13.2. The summed E-state index contributed by atoms with van der Waals surface area (Å²) in [6, 6.07) is 8.68. The number of nitrogens with one attached hydrogen (secondary N) is 1. The monoisotopic (exact) mass is 287 g/mol. The maximum absolute atomic E-state index is 13.6. The minimum atomic E-state index is -0.824. The largest absolute Gasteiger partial charge is 0.316 e. The summed E-state index contributed by atoms with van der Waals surface area (Å²) in [5.74, 6) is -2.26. The molecule has 1 amide bonds. The number of hydrogen-bond donors (Lipinski definition) is 1. The van der Waals surface area contributed by atoms with Gasteiger partial charge in [-0.05, 0) is 31.2 Å². The molecule has 0 atom stereocenters. The van der Waals surface area contributed by atoms with Crippen LogP contribution in [0.4, 0.5) is 14.5 Å². The lowest BCUT2D eigenvalue weighted by Crippen LogP contribution is -2.17. The molecule has 106 valence electrons. The van der Waals surface area contributed by atoms with Gasteiger partial charge in [0.15, 0.2) is 0 Å². The molecule has 1 aromatic carbocycles. The number of hydrogen-bond acceptors (Lipinski definition) is 2. The first-order valence-corrected chi connectivity index (χ1v) is 6.27. The fourth-order valence-corrected chi connectivity index (χ4v) is 2.18. The highest BCUT2D eigenvalue weighted by molar-refractivity contribution is 6.04. The Morgan fingerprint density at radius 2 is 1.86 bits per heavy atom. The van der Waals surface area contributed by atoms with Crippen LogP contribution < -0.4 is 5.32 Å². The van der Waals surface area contributed by atoms with Gasteiger partial charge in [-0.15, -0.1) is 0 Å². The molecule has 0 aliphatic carbocycles. The van der Waals surface area contributed by atoms with E-state index in [2.05, 4.69) is 10.3 Å². The summed E-state index contributed by atoms with van der Waals surface area (Å²) in [6.07, 6.45) is 1.67. The van der Waals surface area contributed by atoms with Crippen molar-refractivity contribution in [2.75, 3.05) is 5.32 Å². The van der Waals surface area contributed by atoms with E-state index in [1.165, 1.54) is 6.07 Å². The van der Waals surface area contributed by atoms with Crippen molar-refractivity contribution >= 4 is 17.2 Å². The molecule has 0 spiro atoms. The van der Waals surface area contributed by atoms with E-state index in [9.17, 15) is 13.6 Å². The van der Waals surface area contributed by atoms with Crippen molar-refractivity contribution in [2.24, 2.45) is 0 Å². The van der Waals surface area contributed by atoms with Crippen molar-refractivity contribution in [3.63, 3.8) is 0 Å². The molecule has 4 nitrogen and oxygen atoms in total. The molecule has 0 saturated heterocycles. The van der Waals surface area contributed by atoms with Gasteiger partial charge in [0.1, 0.15) is 28.7 Å². The highest BCUT2D eigenvalue weighted by Crippen LogP contribution is 2.20. The van der Waals surface area contributed by atoms with Crippen LogP contribution in [0.3, 0.4) is 0 Å². The zero-order chi connectivity index (χ0) is 15.0. The summed E-state index contributed by atoms with van der Waals surface area (Å²) in [4.78, 5) is 16.5. The summed E-state index contributed by atoms with van der Waals surface area (Å²) in [7, 11) is 0. The third kappa shape index (κ3) is 2.24. The molecule has 0 unspecified atom stereocenters. The van der Waals surface area contributed by atoms with E-state index in [0.717, 1.165) is 12.1 Å². The lowest BCUT2D eigenvalue weighted by atomic mass is 10.2. The number of para-hydroxylation sites is 1. The van der Waals surface area contributed by atoms with Gasteiger partial charge in [-0.25, -0.2) is 13.8 Å². The molecule has 0 saturated carbocycles. The molecule has 3 rings (SSSR count). The fourth-order valence-electron chi connectivity index (χ4n) is 2.18. The number of imidazole rings is 1. The summed E-state index contributed by atoms with van der Waals surface area (Å²) >= 11 is 0. The normalized spacial score (nSPS) is 10.8. The van der Waals surface area contributed by atoms with Gasteiger partial charge in [0, 0.05) is 6.20 Å². The Balaban J connectivity index is 2.04. The number of carbonyl (C=O) groups excluding carboxylic acids is 1. The third-order valence-electron chi connectivity index (χ3n) is 3.12. The molecule has 3 aromatic rings. The van der Waals surface area contributed by atoms with Gasteiger partial charge in [-0.3, -0.25) is 9.20 Å². The predicted molar refractivity (Wildman–Crippen MR) is 74.2 cm³/mol. The Morgan fingerprint density at radius 1 is 1.14 bits per heavy atom. The third-order valence-corrected chi connectivity index (χ3v) is 3.12. The van der Waals surface area contributed by atoms with Crippen molar-refractivity contribution in [3.05, 3.63) is 65.6 Å². The van der Waals surface area contributed by atoms with Gasteiger partial charge >= 0.3 is 0 Å². The molecular weight excluding hydrogens is 276 g/mol. The van der Waals surface area contributed by atoms with E-state index in [0.29, 0.717) is 11.3 Å². The van der Waals surface area contributed by atoms with Crippen molar-refractivity contribution in [1.82, 2.24) is 9.38 Å². The van der Waals surface area contributed by atoms with Crippen LogP contribution in [0.2, 0.25) is 0 Å². The number of amides is 1. The van der Waals surface area contributed by atoms with Gasteiger partial charge in [0.05, 0.1) is 5.69 Å². The van der Waals surface area contributed by atoms with Crippen molar-refractivity contribution in [3.8, 4) is 0 Å². The maximum Gasteiger partial charge on any atom is 0.274 e. The summed E-state index contributed by atoms with van der Waals surface area (Å²) in [5.41, 5.74) is 0.852. The highest BCUT2D eigenvalue weighted by Gasteiger charge is 2.19. The number of benzene rings is 1. The number of pyridine rings is 1. The van der Waals surface area contributed by atoms with Crippen LogP contribution in [0.15, 0.2) is 42.6 Å². The Bertz CT molecular complexity index is 822. The van der Waals surface area contributed by atoms with Crippen LogP contribution in [0.5, 0.6) is 0 Å². The SMILES string of the molecule is Cc1nc2ccccn2c1C(=O)Nc1c(F)cccc1F.